The highest BCUT2D eigenvalue weighted by atomic mass is 16.6. The van der Waals surface area contributed by atoms with Gasteiger partial charge in [0.05, 0.1) is 12.0 Å². The lowest BCUT2D eigenvalue weighted by Gasteiger charge is -2.52. The van der Waals surface area contributed by atoms with Gasteiger partial charge in [0.2, 0.25) is 5.95 Å². The molecule has 0 spiro atoms. The number of fused-ring (bicyclic) bond motifs is 2. The monoisotopic (exact) mass is 412 g/mol. The van der Waals surface area contributed by atoms with Crippen molar-refractivity contribution in [2.75, 3.05) is 37.6 Å². The van der Waals surface area contributed by atoms with E-state index >= 15 is 0 Å². The summed E-state index contributed by atoms with van der Waals surface area (Å²) in [6, 6.07) is 1.83. The number of aliphatic hydroxyl groups is 1. The zero-order chi connectivity index (χ0) is 20.9. The predicted molar refractivity (Wildman–Crippen MR) is 113 cm³/mol. The van der Waals surface area contributed by atoms with Crippen molar-refractivity contribution in [3.05, 3.63) is 30.1 Å². The van der Waals surface area contributed by atoms with Crippen LogP contribution < -0.4 is 4.90 Å². The van der Waals surface area contributed by atoms with Gasteiger partial charge in [0.1, 0.15) is 6.10 Å². The van der Waals surface area contributed by atoms with Crippen molar-refractivity contribution in [1.82, 2.24) is 14.9 Å². The molecule has 0 amide bonds. The summed E-state index contributed by atoms with van der Waals surface area (Å²) < 4.78 is 5.81. The first-order valence-electron chi connectivity index (χ1n) is 11.3. The highest BCUT2D eigenvalue weighted by Crippen LogP contribution is 2.56. The minimum atomic E-state index is -0.534. The molecular weight excluding hydrogens is 380 g/mol. The molecule has 1 N–H and O–H groups in total. The van der Waals surface area contributed by atoms with Crippen LogP contribution in [-0.4, -0.2) is 70.9 Å². The molecule has 1 saturated carbocycles. The molecule has 1 aromatic heterocycles. The molecule has 5 rings (SSSR count). The maximum atomic E-state index is 12.8. The third-order valence-electron chi connectivity index (χ3n) is 8.23. The first-order valence-corrected chi connectivity index (χ1v) is 11.3. The Balaban J connectivity index is 1.28. The summed E-state index contributed by atoms with van der Waals surface area (Å²) in [4.78, 5) is 26.0. The van der Waals surface area contributed by atoms with Gasteiger partial charge in [0, 0.05) is 62.9 Å². The molecular formula is C23H32N4O3. The van der Waals surface area contributed by atoms with Crippen molar-refractivity contribution in [2.24, 2.45) is 23.2 Å². The largest absolute Gasteiger partial charge is 0.461 e. The average molecular weight is 413 g/mol. The van der Waals surface area contributed by atoms with Crippen molar-refractivity contribution < 1.29 is 14.6 Å². The fourth-order valence-corrected chi connectivity index (χ4v) is 6.14. The number of carbonyl (C=O) groups is 1. The quantitative estimate of drug-likeness (QED) is 0.600. The van der Waals surface area contributed by atoms with Crippen molar-refractivity contribution in [1.29, 1.82) is 0 Å². The number of aliphatic hydroxyl groups excluding tert-OH is 1. The molecule has 3 heterocycles. The lowest BCUT2D eigenvalue weighted by molar-refractivity contribution is -0.145. The summed E-state index contributed by atoms with van der Waals surface area (Å²) in [5.74, 6) is 0.680. The maximum Gasteiger partial charge on any atom is 0.311 e. The van der Waals surface area contributed by atoms with E-state index in [1.165, 1.54) is 5.57 Å². The van der Waals surface area contributed by atoms with Crippen LogP contribution in [0, 0.1) is 23.2 Å². The molecule has 2 aliphatic heterocycles. The van der Waals surface area contributed by atoms with Crippen molar-refractivity contribution >= 4 is 11.9 Å². The number of carbonyl (C=O) groups excluding carboxylic acids is 1. The second-order valence-electron chi connectivity index (χ2n) is 9.64. The van der Waals surface area contributed by atoms with Crippen molar-refractivity contribution in [3.8, 4) is 0 Å². The number of rotatable bonds is 3. The number of hydrogen-bond acceptors (Lipinski definition) is 7. The number of ether oxygens (including phenoxy) is 1. The van der Waals surface area contributed by atoms with Gasteiger partial charge in [-0.15, -0.1) is 0 Å². The number of aromatic nitrogens is 2. The highest BCUT2D eigenvalue weighted by molar-refractivity contribution is 5.76. The summed E-state index contributed by atoms with van der Waals surface area (Å²) in [5.41, 5.74) is 1.05. The zero-order valence-electron chi connectivity index (χ0n) is 17.9. The molecule has 0 bridgehead atoms. The molecule has 0 unspecified atom stereocenters. The van der Waals surface area contributed by atoms with Crippen LogP contribution in [0.1, 0.15) is 33.1 Å². The zero-order valence-corrected chi connectivity index (χ0v) is 17.9. The van der Waals surface area contributed by atoms with Crippen LogP contribution in [0.3, 0.4) is 0 Å². The standard InChI is InChI=1S/C23H32N4O3/c1-15-5-3-6-16-13-18-19(20(28)23(15,16)2)17(21(29)30-18)14-26-9-11-27(12-10-26)22-24-7-4-8-25-22/h4,6-8,15,17-20,28H,3,5,9-14H2,1-2H3/t15-,17-,18+,19+,20-,23+/m0/s1. The normalized spacial score (nSPS) is 39.2. The third-order valence-corrected chi connectivity index (χ3v) is 8.23. The van der Waals surface area contributed by atoms with E-state index in [9.17, 15) is 9.90 Å². The predicted octanol–water partition coefficient (Wildman–Crippen LogP) is 1.88. The van der Waals surface area contributed by atoms with Gasteiger partial charge in [0.15, 0.2) is 0 Å². The fourth-order valence-electron chi connectivity index (χ4n) is 6.14. The Morgan fingerprint density at radius 1 is 1.23 bits per heavy atom. The van der Waals surface area contributed by atoms with Crippen molar-refractivity contribution in [2.45, 2.75) is 45.3 Å². The molecule has 2 aliphatic carbocycles. The second kappa shape index (κ2) is 7.61. The van der Waals surface area contributed by atoms with Gasteiger partial charge in [-0.25, -0.2) is 9.97 Å². The fraction of sp³-hybridized carbons (Fsp3) is 0.696. The van der Waals surface area contributed by atoms with Crippen LogP contribution in [0.15, 0.2) is 30.1 Å². The van der Waals surface area contributed by atoms with E-state index in [4.69, 9.17) is 4.74 Å². The minimum absolute atomic E-state index is 0.115. The van der Waals surface area contributed by atoms with Gasteiger partial charge in [0.25, 0.3) is 0 Å². The molecule has 3 fully saturated rings. The van der Waals surface area contributed by atoms with Gasteiger partial charge in [-0.2, -0.15) is 0 Å². The minimum Gasteiger partial charge on any atom is -0.461 e. The van der Waals surface area contributed by atoms with Gasteiger partial charge >= 0.3 is 5.97 Å². The van der Waals surface area contributed by atoms with Crippen LogP contribution in [0.5, 0.6) is 0 Å². The van der Waals surface area contributed by atoms with Crippen molar-refractivity contribution in [3.63, 3.8) is 0 Å². The van der Waals surface area contributed by atoms with Gasteiger partial charge in [-0.3, -0.25) is 9.69 Å². The number of hydrogen-bond donors (Lipinski definition) is 1. The SMILES string of the molecule is C[C@H]1CCC=C2C[C@H]3OC(=O)[C@@H](CN4CCN(c5ncccn5)CC4)[C@H]3[C@H](O)[C@@]21C. The summed E-state index contributed by atoms with van der Waals surface area (Å²) in [7, 11) is 0. The molecule has 7 nitrogen and oxygen atoms in total. The van der Waals surface area contributed by atoms with E-state index in [2.05, 4.69) is 39.7 Å². The van der Waals surface area contributed by atoms with E-state index in [0.29, 0.717) is 12.5 Å². The molecule has 4 aliphatic rings. The Hall–Kier alpha value is -1.99. The molecule has 1 aromatic rings. The van der Waals surface area contributed by atoms with E-state index in [-0.39, 0.29) is 29.3 Å². The summed E-state index contributed by atoms with van der Waals surface area (Å²) in [5, 5.41) is 11.5. The Bertz CT molecular complexity index is 823. The summed E-state index contributed by atoms with van der Waals surface area (Å²) >= 11 is 0. The van der Waals surface area contributed by atoms with Gasteiger partial charge < -0.3 is 14.7 Å². The lowest BCUT2D eigenvalue weighted by atomic mass is 9.55. The Labute approximate surface area is 178 Å². The van der Waals surface area contributed by atoms with E-state index in [1.807, 2.05) is 6.07 Å². The molecule has 6 atom stereocenters. The first-order chi connectivity index (χ1) is 14.5. The lowest BCUT2D eigenvalue weighted by Crippen LogP contribution is -2.55. The number of anilines is 1. The average Bonchev–Trinajstić information content (AvgIpc) is 3.07. The van der Waals surface area contributed by atoms with E-state index in [0.717, 1.165) is 51.4 Å². The van der Waals surface area contributed by atoms with Gasteiger partial charge in [-0.05, 0) is 24.8 Å². The molecule has 2 saturated heterocycles. The highest BCUT2D eigenvalue weighted by Gasteiger charge is 2.59. The van der Waals surface area contributed by atoms with Crippen LogP contribution in [-0.2, 0) is 9.53 Å². The summed E-state index contributed by atoms with van der Waals surface area (Å²) in [6.07, 6.45) is 8.04. The second-order valence-corrected chi connectivity index (χ2v) is 9.64. The van der Waals surface area contributed by atoms with Gasteiger partial charge in [-0.1, -0.05) is 25.5 Å². The van der Waals surface area contributed by atoms with E-state index in [1.54, 1.807) is 12.4 Å². The summed E-state index contributed by atoms with van der Waals surface area (Å²) in [6.45, 7) is 8.48. The molecule has 30 heavy (non-hydrogen) atoms. The number of esters is 1. The van der Waals surface area contributed by atoms with Crippen LogP contribution in [0.25, 0.3) is 0 Å². The Kier molecular flexibility index (Phi) is 5.06. The number of piperazine rings is 1. The molecule has 0 radical (unpaired) electrons. The van der Waals surface area contributed by atoms with Crippen LogP contribution in [0.2, 0.25) is 0 Å². The smallest absolute Gasteiger partial charge is 0.311 e. The first kappa shape index (κ1) is 19.9. The van der Waals surface area contributed by atoms with Crippen LogP contribution in [0.4, 0.5) is 5.95 Å². The van der Waals surface area contributed by atoms with Crippen LogP contribution >= 0.6 is 0 Å². The maximum absolute atomic E-state index is 12.8. The third kappa shape index (κ3) is 3.14. The topological polar surface area (TPSA) is 78.8 Å². The number of nitrogens with zero attached hydrogens (tertiary/aromatic N) is 4. The Morgan fingerprint density at radius 2 is 1.97 bits per heavy atom. The Morgan fingerprint density at radius 3 is 2.70 bits per heavy atom. The molecule has 7 heteroatoms. The number of allylic oxidation sites excluding steroid dienone is 1. The van der Waals surface area contributed by atoms with E-state index < -0.39 is 6.10 Å². The molecule has 0 aromatic carbocycles. The molecule has 162 valence electrons.